The van der Waals surface area contributed by atoms with Crippen molar-refractivity contribution in [1.82, 2.24) is 34.4 Å². The maximum absolute atomic E-state index is 14.5. The van der Waals surface area contributed by atoms with Gasteiger partial charge in [-0.15, -0.1) is 0 Å². The summed E-state index contributed by atoms with van der Waals surface area (Å²) in [5.74, 6) is -1.41. The van der Waals surface area contributed by atoms with Gasteiger partial charge < -0.3 is 10.2 Å². The number of nitrogens with zero attached hydrogens (tertiary/aromatic N) is 6. The predicted octanol–water partition coefficient (Wildman–Crippen LogP) is 2.23. The number of halogens is 2. The molecule has 1 aliphatic heterocycles. The van der Waals surface area contributed by atoms with Crippen LogP contribution in [0.15, 0.2) is 53.4 Å². The number of carbonyl (C=O) groups is 3. The number of rotatable bonds is 7. The molecule has 1 fully saturated rings. The smallest absolute Gasteiger partial charge is 0.285 e. The predicted molar refractivity (Wildman–Crippen MR) is 153 cm³/mol. The van der Waals surface area contributed by atoms with Crippen molar-refractivity contribution in [1.29, 1.82) is 0 Å². The Morgan fingerprint density at radius 1 is 1.12 bits per heavy atom. The number of anilines is 1. The molecule has 218 valence electrons. The molecule has 0 spiro atoms. The number of benzene rings is 1. The quantitative estimate of drug-likeness (QED) is 0.283. The van der Waals surface area contributed by atoms with E-state index in [2.05, 4.69) is 41.3 Å². The van der Waals surface area contributed by atoms with E-state index in [1.165, 1.54) is 4.68 Å². The van der Waals surface area contributed by atoms with Gasteiger partial charge in [0.1, 0.15) is 35.0 Å². The van der Waals surface area contributed by atoms with Crippen molar-refractivity contribution in [2.75, 3.05) is 18.1 Å². The van der Waals surface area contributed by atoms with Crippen molar-refractivity contribution in [3.63, 3.8) is 0 Å². The molecule has 3 aromatic heterocycles. The minimum absolute atomic E-state index is 0.199. The molecule has 2 N–H and O–H groups in total. The van der Waals surface area contributed by atoms with Crippen molar-refractivity contribution in [2.24, 2.45) is 0 Å². The van der Waals surface area contributed by atoms with Gasteiger partial charge in [0, 0.05) is 29.8 Å². The second-order valence-electron chi connectivity index (χ2n) is 9.69. The first-order valence-electron chi connectivity index (χ1n) is 12.6. The number of aromatic nitrogens is 5. The third-order valence-electron chi connectivity index (χ3n) is 6.48. The Morgan fingerprint density at radius 3 is 2.55 bits per heavy atom. The van der Waals surface area contributed by atoms with E-state index in [0.717, 1.165) is 11.2 Å². The SMILES string of the molecule is Cc1ncc(-c2ccc3c(c2)c(C(=O)NS(C)(=O)=O)nn3CC(=O)N2C[C@H](F)C[C@H]2C(=O)Nc2cccc(Br)n2)cn1. The third kappa shape index (κ3) is 6.44. The van der Waals surface area contributed by atoms with E-state index in [-0.39, 0.29) is 29.9 Å². The van der Waals surface area contributed by atoms with Crippen molar-refractivity contribution in [2.45, 2.75) is 32.1 Å². The number of likely N-dealkylation sites (tertiary alicyclic amines) is 1. The molecule has 3 amide bonds. The van der Waals surface area contributed by atoms with Crippen molar-refractivity contribution < 1.29 is 27.2 Å². The van der Waals surface area contributed by atoms with Crippen LogP contribution in [-0.4, -0.2) is 80.8 Å². The molecule has 0 saturated carbocycles. The Bertz CT molecular complexity index is 1820. The fourth-order valence-electron chi connectivity index (χ4n) is 4.62. The molecular weight excluding hydrogens is 635 g/mol. The Labute approximate surface area is 247 Å². The zero-order chi connectivity index (χ0) is 30.2. The highest BCUT2D eigenvalue weighted by atomic mass is 79.9. The van der Waals surface area contributed by atoms with Crippen LogP contribution < -0.4 is 10.0 Å². The number of hydrogen-bond acceptors (Lipinski definition) is 9. The van der Waals surface area contributed by atoms with Crippen molar-refractivity contribution in [3.05, 3.63) is 64.9 Å². The number of fused-ring (bicyclic) bond motifs is 1. The van der Waals surface area contributed by atoms with E-state index in [0.29, 0.717) is 27.1 Å². The van der Waals surface area contributed by atoms with Crippen molar-refractivity contribution in [3.8, 4) is 11.1 Å². The molecule has 42 heavy (non-hydrogen) atoms. The Kier molecular flexibility index (Phi) is 8.01. The topological polar surface area (TPSA) is 169 Å². The number of pyridine rings is 1. The fourth-order valence-corrected chi connectivity index (χ4v) is 5.40. The molecule has 4 heterocycles. The summed E-state index contributed by atoms with van der Waals surface area (Å²) < 4.78 is 41.7. The van der Waals surface area contributed by atoms with E-state index in [1.54, 1.807) is 55.7 Å². The van der Waals surface area contributed by atoms with Crippen LogP contribution in [0.25, 0.3) is 22.0 Å². The third-order valence-corrected chi connectivity index (χ3v) is 7.48. The first-order chi connectivity index (χ1) is 19.9. The zero-order valence-corrected chi connectivity index (χ0v) is 24.7. The number of hydrogen-bond donors (Lipinski definition) is 2. The lowest BCUT2D eigenvalue weighted by Crippen LogP contribution is -2.44. The first kappa shape index (κ1) is 29.2. The van der Waals surface area contributed by atoms with E-state index in [4.69, 9.17) is 0 Å². The molecule has 0 aliphatic carbocycles. The van der Waals surface area contributed by atoms with E-state index < -0.39 is 46.5 Å². The first-order valence-corrected chi connectivity index (χ1v) is 15.2. The Balaban J connectivity index is 1.46. The number of sulfonamides is 1. The molecule has 5 rings (SSSR count). The second kappa shape index (κ2) is 11.5. The Morgan fingerprint density at radius 2 is 1.86 bits per heavy atom. The van der Waals surface area contributed by atoms with Gasteiger partial charge in [0.05, 0.1) is 18.3 Å². The molecule has 13 nitrogen and oxygen atoms in total. The molecule has 2 atom stereocenters. The molecule has 0 unspecified atom stereocenters. The van der Waals surface area contributed by atoms with Crippen LogP contribution in [0.2, 0.25) is 0 Å². The summed E-state index contributed by atoms with van der Waals surface area (Å²) in [7, 11) is -3.92. The van der Waals surface area contributed by atoms with Gasteiger partial charge >= 0.3 is 0 Å². The lowest BCUT2D eigenvalue weighted by atomic mass is 10.1. The summed E-state index contributed by atoms with van der Waals surface area (Å²) in [4.78, 5) is 53.0. The van der Waals surface area contributed by atoms with Gasteiger partial charge in [0.15, 0.2) is 5.69 Å². The molecule has 0 bridgehead atoms. The second-order valence-corrected chi connectivity index (χ2v) is 12.3. The lowest BCUT2D eigenvalue weighted by molar-refractivity contribution is -0.137. The standard InChI is InChI=1S/C26H24BrFN8O5S/c1-14-29-10-16(11-30-14)15-6-7-19-18(8-15)24(26(39)34-42(2,40)41)33-36(19)13-23(37)35-12-17(28)9-20(35)25(38)32-22-5-3-4-21(27)31-22/h3-8,10-11,17,20H,9,12-13H2,1-2H3,(H,34,39)(H,31,32,38)/t17-,20+/m1/s1. The van der Waals surface area contributed by atoms with Gasteiger partial charge in [-0.2, -0.15) is 5.10 Å². The highest BCUT2D eigenvalue weighted by molar-refractivity contribution is 9.10. The van der Waals surface area contributed by atoms with Gasteiger partial charge in [0.2, 0.25) is 21.8 Å². The van der Waals surface area contributed by atoms with Crippen LogP contribution in [0.3, 0.4) is 0 Å². The average molecular weight is 659 g/mol. The molecule has 1 aromatic carbocycles. The molecule has 4 aromatic rings. The average Bonchev–Trinajstić information content (AvgIpc) is 3.49. The lowest BCUT2D eigenvalue weighted by Gasteiger charge is -2.23. The van der Waals surface area contributed by atoms with Gasteiger partial charge in [-0.25, -0.2) is 32.5 Å². The van der Waals surface area contributed by atoms with Crippen LogP contribution in [0.5, 0.6) is 0 Å². The van der Waals surface area contributed by atoms with Crippen LogP contribution >= 0.6 is 15.9 Å². The fraction of sp³-hybridized carbons (Fsp3) is 0.269. The van der Waals surface area contributed by atoms with Crippen LogP contribution in [0, 0.1) is 6.92 Å². The van der Waals surface area contributed by atoms with Crippen LogP contribution in [0.4, 0.5) is 10.2 Å². The molecular formula is C26H24BrFN8O5S. The monoisotopic (exact) mass is 658 g/mol. The highest BCUT2D eigenvalue weighted by Gasteiger charge is 2.40. The van der Waals surface area contributed by atoms with Gasteiger partial charge in [-0.05, 0) is 52.7 Å². The minimum Gasteiger partial charge on any atom is -0.326 e. The molecule has 1 saturated heterocycles. The number of amides is 3. The maximum atomic E-state index is 14.5. The van der Waals surface area contributed by atoms with E-state index in [1.807, 2.05) is 4.72 Å². The van der Waals surface area contributed by atoms with Crippen LogP contribution in [0.1, 0.15) is 22.7 Å². The Hall–Kier alpha value is -4.31. The number of nitrogens with one attached hydrogen (secondary N) is 2. The van der Waals surface area contributed by atoms with E-state index in [9.17, 15) is 27.2 Å². The maximum Gasteiger partial charge on any atom is 0.285 e. The number of aryl methyl sites for hydroxylation is 1. The minimum atomic E-state index is -3.92. The summed E-state index contributed by atoms with van der Waals surface area (Å²) in [6.07, 6.45) is 2.41. The summed E-state index contributed by atoms with van der Waals surface area (Å²) in [5, 5.41) is 7.12. The van der Waals surface area contributed by atoms with Gasteiger partial charge in [0.25, 0.3) is 5.91 Å². The zero-order valence-electron chi connectivity index (χ0n) is 22.3. The van der Waals surface area contributed by atoms with Gasteiger partial charge in [-0.3, -0.25) is 19.1 Å². The molecule has 16 heteroatoms. The largest absolute Gasteiger partial charge is 0.326 e. The summed E-state index contributed by atoms with van der Waals surface area (Å²) in [6, 6.07) is 8.75. The van der Waals surface area contributed by atoms with Crippen molar-refractivity contribution >= 4 is 60.4 Å². The van der Waals surface area contributed by atoms with Crippen LogP contribution in [-0.2, 0) is 26.2 Å². The number of alkyl halides is 1. The summed E-state index contributed by atoms with van der Waals surface area (Å²) in [6.45, 7) is 0.987. The molecule has 0 radical (unpaired) electrons. The summed E-state index contributed by atoms with van der Waals surface area (Å²) in [5.41, 5.74) is 1.37. The van der Waals surface area contributed by atoms with E-state index >= 15 is 0 Å². The summed E-state index contributed by atoms with van der Waals surface area (Å²) >= 11 is 3.22. The molecule has 1 aliphatic rings. The number of carbonyl (C=O) groups excluding carboxylic acids is 3. The normalized spacial score (nSPS) is 16.9. The van der Waals surface area contributed by atoms with Gasteiger partial charge in [-0.1, -0.05) is 12.1 Å². The highest BCUT2D eigenvalue weighted by Crippen LogP contribution is 2.28.